The Labute approximate surface area is 131 Å². The number of anilines is 3. The third kappa shape index (κ3) is 3.17. The van der Waals surface area contributed by atoms with Gasteiger partial charge in [-0.1, -0.05) is 0 Å². The molecule has 0 saturated heterocycles. The first-order valence-electron chi connectivity index (χ1n) is 5.34. The average molecular weight is 407 g/mol. The molecular formula is C11H10Br2FN5O. The van der Waals surface area contributed by atoms with Crippen LogP contribution in [0.4, 0.5) is 21.8 Å². The molecule has 0 aliphatic rings. The molecular weight excluding hydrogens is 397 g/mol. The lowest BCUT2D eigenvalue weighted by atomic mass is 10.3. The molecule has 106 valence electrons. The molecule has 0 atom stereocenters. The van der Waals surface area contributed by atoms with Crippen LogP contribution in [-0.4, -0.2) is 17.1 Å². The van der Waals surface area contributed by atoms with Crippen molar-refractivity contribution in [2.45, 2.75) is 0 Å². The summed E-state index contributed by atoms with van der Waals surface area (Å²) in [6.07, 6.45) is 1.02. The number of hydrogen-bond donors (Lipinski definition) is 3. The fourth-order valence-corrected chi connectivity index (χ4v) is 2.69. The van der Waals surface area contributed by atoms with Gasteiger partial charge in [0, 0.05) is 10.5 Å². The van der Waals surface area contributed by atoms with Crippen molar-refractivity contribution in [2.24, 2.45) is 5.84 Å². The lowest BCUT2D eigenvalue weighted by molar-refractivity contribution is 0.412. The van der Waals surface area contributed by atoms with Gasteiger partial charge in [0.1, 0.15) is 5.75 Å². The third-order valence-corrected chi connectivity index (χ3v) is 3.64. The number of ether oxygens (including phenoxy) is 1. The van der Waals surface area contributed by atoms with Gasteiger partial charge in [0.2, 0.25) is 5.95 Å². The topological polar surface area (TPSA) is 85.1 Å². The van der Waals surface area contributed by atoms with Crippen LogP contribution in [-0.2, 0) is 0 Å². The number of nitrogens with zero attached hydrogens (tertiary/aromatic N) is 2. The van der Waals surface area contributed by atoms with Gasteiger partial charge in [0.25, 0.3) is 0 Å². The van der Waals surface area contributed by atoms with Crippen molar-refractivity contribution < 1.29 is 9.13 Å². The first-order valence-corrected chi connectivity index (χ1v) is 6.93. The zero-order valence-electron chi connectivity index (χ0n) is 10.2. The summed E-state index contributed by atoms with van der Waals surface area (Å²) >= 11 is 6.73. The van der Waals surface area contributed by atoms with Crippen molar-refractivity contribution in [3.8, 4) is 5.75 Å². The van der Waals surface area contributed by atoms with Gasteiger partial charge >= 0.3 is 0 Å². The Bertz CT molecular complexity index is 640. The second kappa shape index (κ2) is 6.33. The van der Waals surface area contributed by atoms with Crippen molar-refractivity contribution in [2.75, 3.05) is 17.9 Å². The lowest BCUT2D eigenvalue weighted by Gasteiger charge is -2.12. The largest absolute Gasteiger partial charge is 0.495 e. The van der Waals surface area contributed by atoms with E-state index in [4.69, 9.17) is 10.6 Å². The number of aromatic nitrogens is 2. The molecule has 1 aromatic carbocycles. The average Bonchev–Trinajstić information content (AvgIpc) is 2.44. The molecule has 0 fully saturated rings. The van der Waals surface area contributed by atoms with Crippen LogP contribution >= 0.6 is 31.9 Å². The highest BCUT2D eigenvalue weighted by Crippen LogP contribution is 2.36. The van der Waals surface area contributed by atoms with Crippen molar-refractivity contribution in [1.82, 2.24) is 9.97 Å². The molecule has 0 unspecified atom stereocenters. The SMILES string of the molecule is COc1cc(Nc2nc(NN)ncc2F)c(Br)cc1Br. The van der Waals surface area contributed by atoms with Crippen LogP contribution in [0.3, 0.4) is 0 Å². The number of halogens is 3. The number of benzene rings is 1. The van der Waals surface area contributed by atoms with Crippen LogP contribution in [0.15, 0.2) is 27.3 Å². The molecule has 0 aliphatic heterocycles. The van der Waals surface area contributed by atoms with E-state index < -0.39 is 5.82 Å². The van der Waals surface area contributed by atoms with Crippen molar-refractivity contribution in [3.05, 3.63) is 33.1 Å². The summed E-state index contributed by atoms with van der Waals surface area (Å²) in [7, 11) is 1.54. The van der Waals surface area contributed by atoms with E-state index in [-0.39, 0.29) is 11.8 Å². The van der Waals surface area contributed by atoms with E-state index in [0.29, 0.717) is 15.9 Å². The number of nitrogen functional groups attached to an aromatic ring is 1. The highest BCUT2D eigenvalue weighted by Gasteiger charge is 2.11. The van der Waals surface area contributed by atoms with Gasteiger partial charge in [-0.05, 0) is 37.9 Å². The normalized spacial score (nSPS) is 10.2. The molecule has 0 bridgehead atoms. The number of rotatable bonds is 4. The zero-order valence-corrected chi connectivity index (χ0v) is 13.4. The highest BCUT2D eigenvalue weighted by atomic mass is 79.9. The maximum atomic E-state index is 13.7. The van der Waals surface area contributed by atoms with E-state index in [9.17, 15) is 4.39 Å². The predicted octanol–water partition coefficient (Wildman–Crippen LogP) is 3.18. The minimum atomic E-state index is -0.599. The van der Waals surface area contributed by atoms with E-state index in [1.165, 1.54) is 0 Å². The quantitative estimate of drug-likeness (QED) is 0.534. The van der Waals surface area contributed by atoms with E-state index in [1.54, 1.807) is 19.2 Å². The fraction of sp³-hybridized carbons (Fsp3) is 0.0909. The minimum absolute atomic E-state index is 0.00183. The summed E-state index contributed by atoms with van der Waals surface area (Å²) in [5, 5.41) is 2.85. The first kappa shape index (κ1) is 14.9. The number of hydrazine groups is 1. The van der Waals surface area contributed by atoms with Gasteiger partial charge in [-0.2, -0.15) is 4.98 Å². The van der Waals surface area contributed by atoms with E-state index >= 15 is 0 Å². The summed E-state index contributed by atoms with van der Waals surface area (Å²) in [6, 6.07) is 3.48. The molecule has 1 heterocycles. The zero-order chi connectivity index (χ0) is 14.7. The first-order chi connectivity index (χ1) is 9.55. The molecule has 0 spiro atoms. The number of methoxy groups -OCH3 is 1. The Morgan fingerprint density at radius 2 is 2.05 bits per heavy atom. The molecule has 0 aliphatic carbocycles. The molecule has 2 rings (SSSR count). The standard InChI is InChI=1S/C11H10Br2FN5O/c1-20-9-3-8(5(12)2-6(9)13)17-10-7(14)4-16-11(18-10)19-15/h2-4H,15H2,1H3,(H2,16,17,18,19). The van der Waals surface area contributed by atoms with Crippen LogP contribution in [0, 0.1) is 5.82 Å². The predicted molar refractivity (Wildman–Crippen MR) is 81.5 cm³/mol. The summed E-state index contributed by atoms with van der Waals surface area (Å²) in [4.78, 5) is 7.56. The molecule has 1 aromatic heterocycles. The minimum Gasteiger partial charge on any atom is -0.495 e. The van der Waals surface area contributed by atoms with Crippen molar-refractivity contribution in [1.29, 1.82) is 0 Å². The van der Waals surface area contributed by atoms with Crippen LogP contribution in [0.5, 0.6) is 5.75 Å². The van der Waals surface area contributed by atoms with Crippen LogP contribution in [0.1, 0.15) is 0 Å². The van der Waals surface area contributed by atoms with Gasteiger partial charge in [-0.25, -0.2) is 15.2 Å². The highest BCUT2D eigenvalue weighted by molar-refractivity contribution is 9.11. The van der Waals surface area contributed by atoms with Crippen LogP contribution in [0.25, 0.3) is 0 Å². The fourth-order valence-electron chi connectivity index (χ4n) is 1.43. The maximum absolute atomic E-state index is 13.7. The Morgan fingerprint density at radius 3 is 2.70 bits per heavy atom. The molecule has 0 saturated carbocycles. The Kier molecular flexibility index (Phi) is 4.73. The molecule has 9 heteroatoms. The molecule has 20 heavy (non-hydrogen) atoms. The Balaban J connectivity index is 2.39. The lowest BCUT2D eigenvalue weighted by Crippen LogP contribution is -2.12. The summed E-state index contributed by atoms with van der Waals surface area (Å²) in [5.74, 6) is 5.30. The van der Waals surface area contributed by atoms with Crippen LogP contribution in [0.2, 0.25) is 0 Å². The third-order valence-electron chi connectivity index (χ3n) is 2.37. The van der Waals surface area contributed by atoms with Gasteiger partial charge in [-0.3, -0.25) is 5.43 Å². The number of hydrogen-bond acceptors (Lipinski definition) is 6. The van der Waals surface area contributed by atoms with Gasteiger partial charge in [-0.15, -0.1) is 0 Å². The summed E-state index contributed by atoms with van der Waals surface area (Å²) < 4.78 is 20.3. The summed E-state index contributed by atoms with van der Waals surface area (Å²) in [5.41, 5.74) is 2.84. The van der Waals surface area contributed by atoms with E-state index in [1.807, 2.05) is 0 Å². The number of nitrogens with one attached hydrogen (secondary N) is 2. The van der Waals surface area contributed by atoms with Crippen LogP contribution < -0.4 is 21.3 Å². The molecule has 0 amide bonds. The molecule has 2 aromatic rings. The number of nitrogens with two attached hydrogens (primary N) is 1. The van der Waals surface area contributed by atoms with E-state index in [0.717, 1.165) is 10.7 Å². The molecule has 0 radical (unpaired) electrons. The van der Waals surface area contributed by atoms with E-state index in [2.05, 4.69) is 52.6 Å². The smallest absolute Gasteiger partial charge is 0.239 e. The summed E-state index contributed by atoms with van der Waals surface area (Å²) in [6.45, 7) is 0. The van der Waals surface area contributed by atoms with Gasteiger partial charge in [0.15, 0.2) is 11.6 Å². The Morgan fingerprint density at radius 1 is 1.30 bits per heavy atom. The maximum Gasteiger partial charge on any atom is 0.239 e. The second-order valence-electron chi connectivity index (χ2n) is 3.63. The molecule has 4 N–H and O–H groups in total. The van der Waals surface area contributed by atoms with Crippen molar-refractivity contribution in [3.63, 3.8) is 0 Å². The second-order valence-corrected chi connectivity index (χ2v) is 5.33. The van der Waals surface area contributed by atoms with Gasteiger partial charge in [0.05, 0.1) is 23.5 Å². The van der Waals surface area contributed by atoms with Crippen molar-refractivity contribution >= 4 is 49.3 Å². The van der Waals surface area contributed by atoms with Gasteiger partial charge < -0.3 is 10.1 Å². The monoisotopic (exact) mass is 405 g/mol. The molecule has 6 nitrogen and oxygen atoms in total. The Hall–Kier alpha value is -1.45.